The van der Waals surface area contributed by atoms with Crippen LogP contribution in [0.2, 0.25) is 5.02 Å². The van der Waals surface area contributed by atoms with Gasteiger partial charge >= 0.3 is 0 Å². The molecular weight excluding hydrogens is 316 g/mol. The molecule has 1 rings (SSSR count). The summed E-state index contributed by atoms with van der Waals surface area (Å²) in [6.07, 6.45) is 0. The van der Waals surface area contributed by atoms with E-state index in [9.17, 15) is 5.11 Å². The zero-order valence-corrected chi connectivity index (χ0v) is 13.4. The van der Waals surface area contributed by atoms with Gasteiger partial charge in [0.1, 0.15) is 5.75 Å². The zero-order valence-electron chi connectivity index (χ0n) is 12.7. The SMILES string of the molecule is COCCOCOc1cc(O)cc(Cl)c1OCOCCOC. The minimum Gasteiger partial charge on any atom is -0.508 e. The summed E-state index contributed by atoms with van der Waals surface area (Å²) in [6, 6.07) is 2.74. The smallest absolute Gasteiger partial charge is 0.189 e. The Morgan fingerprint density at radius 3 is 2.09 bits per heavy atom. The first-order valence-corrected chi connectivity index (χ1v) is 6.98. The van der Waals surface area contributed by atoms with Gasteiger partial charge in [-0.2, -0.15) is 0 Å². The van der Waals surface area contributed by atoms with E-state index in [0.29, 0.717) is 26.4 Å². The Bertz CT molecular complexity index is 428. The Morgan fingerprint density at radius 1 is 0.909 bits per heavy atom. The Hall–Kier alpha value is -1.25. The summed E-state index contributed by atoms with van der Waals surface area (Å²) in [4.78, 5) is 0. The van der Waals surface area contributed by atoms with E-state index in [-0.39, 0.29) is 35.9 Å². The number of ether oxygens (including phenoxy) is 6. The maximum absolute atomic E-state index is 9.57. The Balaban J connectivity index is 2.53. The Labute approximate surface area is 134 Å². The van der Waals surface area contributed by atoms with Crippen molar-refractivity contribution < 1.29 is 33.5 Å². The second kappa shape index (κ2) is 11.3. The summed E-state index contributed by atoms with van der Waals surface area (Å²) < 4.78 is 30.9. The van der Waals surface area contributed by atoms with Gasteiger partial charge in [-0.1, -0.05) is 11.6 Å². The molecule has 0 saturated heterocycles. The second-order valence-corrected chi connectivity index (χ2v) is 4.49. The van der Waals surface area contributed by atoms with Crippen LogP contribution in [-0.4, -0.2) is 59.3 Å². The highest BCUT2D eigenvalue weighted by Crippen LogP contribution is 2.38. The number of rotatable bonds is 12. The van der Waals surface area contributed by atoms with E-state index in [4.69, 9.17) is 40.0 Å². The molecule has 126 valence electrons. The van der Waals surface area contributed by atoms with Crippen molar-refractivity contribution in [2.24, 2.45) is 0 Å². The van der Waals surface area contributed by atoms with Gasteiger partial charge in [0.15, 0.2) is 25.1 Å². The van der Waals surface area contributed by atoms with Crippen LogP contribution in [0.25, 0.3) is 0 Å². The van der Waals surface area contributed by atoms with E-state index in [1.807, 2.05) is 0 Å². The van der Waals surface area contributed by atoms with Crippen molar-refractivity contribution >= 4 is 11.6 Å². The molecule has 1 N–H and O–H groups in total. The van der Waals surface area contributed by atoms with E-state index in [0.717, 1.165) is 0 Å². The standard InChI is InChI=1S/C14H21ClO7/c1-17-3-5-19-9-21-13-8-11(16)7-12(15)14(13)22-10-20-6-4-18-2/h7-8,16H,3-6,9-10H2,1-2H3. The molecule has 8 heteroatoms. The first-order chi connectivity index (χ1) is 10.7. The second-order valence-electron chi connectivity index (χ2n) is 4.08. The van der Waals surface area contributed by atoms with Crippen molar-refractivity contribution in [3.05, 3.63) is 17.2 Å². The molecule has 0 radical (unpaired) electrons. The third kappa shape index (κ3) is 7.15. The number of phenolic OH excluding ortho intramolecular Hbond substituents is 1. The number of aromatic hydroxyl groups is 1. The number of phenols is 1. The zero-order chi connectivity index (χ0) is 16.2. The molecule has 0 aliphatic carbocycles. The van der Waals surface area contributed by atoms with Crippen LogP contribution in [0.15, 0.2) is 12.1 Å². The number of hydrogen-bond donors (Lipinski definition) is 1. The topological polar surface area (TPSA) is 75.6 Å². The van der Waals surface area contributed by atoms with Crippen LogP contribution in [0.5, 0.6) is 17.2 Å². The summed E-state index contributed by atoms with van der Waals surface area (Å²) in [5, 5.41) is 9.78. The summed E-state index contributed by atoms with van der Waals surface area (Å²) in [5.74, 6) is 0.495. The van der Waals surface area contributed by atoms with Gasteiger partial charge in [0, 0.05) is 26.4 Å². The molecule has 0 heterocycles. The lowest BCUT2D eigenvalue weighted by atomic mass is 10.3. The number of halogens is 1. The highest BCUT2D eigenvalue weighted by atomic mass is 35.5. The molecule has 0 aliphatic heterocycles. The molecule has 0 bridgehead atoms. The van der Waals surface area contributed by atoms with Crippen molar-refractivity contribution in [3.63, 3.8) is 0 Å². The van der Waals surface area contributed by atoms with E-state index in [1.165, 1.54) is 12.1 Å². The molecule has 7 nitrogen and oxygen atoms in total. The van der Waals surface area contributed by atoms with Crippen molar-refractivity contribution in [2.75, 3.05) is 54.2 Å². The van der Waals surface area contributed by atoms with Gasteiger partial charge in [-0.25, -0.2) is 0 Å². The molecule has 0 fully saturated rings. The molecule has 0 unspecified atom stereocenters. The van der Waals surface area contributed by atoms with Crippen LogP contribution in [0.1, 0.15) is 0 Å². The van der Waals surface area contributed by atoms with Crippen LogP contribution in [-0.2, 0) is 18.9 Å². The molecule has 0 saturated carbocycles. The monoisotopic (exact) mass is 336 g/mol. The van der Waals surface area contributed by atoms with Gasteiger partial charge in [-0.3, -0.25) is 0 Å². The average molecular weight is 337 g/mol. The van der Waals surface area contributed by atoms with Crippen molar-refractivity contribution in [1.29, 1.82) is 0 Å². The van der Waals surface area contributed by atoms with Crippen molar-refractivity contribution in [1.82, 2.24) is 0 Å². The van der Waals surface area contributed by atoms with Gasteiger partial charge in [0.05, 0.1) is 31.5 Å². The van der Waals surface area contributed by atoms with Crippen LogP contribution in [0.4, 0.5) is 0 Å². The molecule has 0 amide bonds. The molecular formula is C14H21ClO7. The van der Waals surface area contributed by atoms with Crippen LogP contribution < -0.4 is 9.47 Å². The van der Waals surface area contributed by atoms with Crippen LogP contribution >= 0.6 is 11.6 Å². The summed E-state index contributed by atoms with van der Waals surface area (Å²) in [5.41, 5.74) is 0. The number of benzene rings is 1. The largest absolute Gasteiger partial charge is 0.508 e. The Kier molecular flexibility index (Phi) is 9.69. The number of methoxy groups -OCH3 is 2. The van der Waals surface area contributed by atoms with Gasteiger partial charge in [0.2, 0.25) is 0 Å². The molecule has 1 aromatic carbocycles. The molecule has 22 heavy (non-hydrogen) atoms. The first-order valence-electron chi connectivity index (χ1n) is 6.60. The van der Waals surface area contributed by atoms with Crippen LogP contribution in [0.3, 0.4) is 0 Å². The fraction of sp³-hybridized carbons (Fsp3) is 0.571. The van der Waals surface area contributed by atoms with Gasteiger partial charge in [-0.15, -0.1) is 0 Å². The molecule has 0 aromatic heterocycles. The fourth-order valence-corrected chi connectivity index (χ4v) is 1.67. The van der Waals surface area contributed by atoms with Crippen molar-refractivity contribution in [3.8, 4) is 17.2 Å². The Morgan fingerprint density at radius 2 is 1.50 bits per heavy atom. The van der Waals surface area contributed by atoms with Gasteiger partial charge in [0.25, 0.3) is 0 Å². The minimum atomic E-state index is -0.0375. The van der Waals surface area contributed by atoms with Crippen molar-refractivity contribution in [2.45, 2.75) is 0 Å². The number of hydrogen-bond acceptors (Lipinski definition) is 7. The highest BCUT2D eigenvalue weighted by molar-refractivity contribution is 6.32. The molecule has 0 atom stereocenters. The fourth-order valence-electron chi connectivity index (χ4n) is 1.41. The lowest BCUT2D eigenvalue weighted by molar-refractivity contribution is -0.0207. The normalized spacial score (nSPS) is 10.7. The molecule has 0 aliphatic rings. The average Bonchev–Trinajstić information content (AvgIpc) is 2.48. The molecule has 0 spiro atoms. The van der Waals surface area contributed by atoms with E-state index < -0.39 is 0 Å². The predicted molar refractivity (Wildman–Crippen MR) is 79.8 cm³/mol. The lowest BCUT2D eigenvalue weighted by Gasteiger charge is -2.14. The third-order valence-electron chi connectivity index (χ3n) is 2.44. The van der Waals surface area contributed by atoms with Crippen LogP contribution in [0, 0.1) is 0 Å². The minimum absolute atomic E-state index is 0.0191. The quantitative estimate of drug-likeness (QED) is 0.462. The first kappa shape index (κ1) is 18.8. The maximum Gasteiger partial charge on any atom is 0.189 e. The lowest BCUT2D eigenvalue weighted by Crippen LogP contribution is -2.11. The summed E-state index contributed by atoms with van der Waals surface area (Å²) >= 11 is 6.03. The predicted octanol–water partition coefficient (Wildman–Crippen LogP) is 2.04. The summed E-state index contributed by atoms with van der Waals surface area (Å²) in [7, 11) is 3.16. The maximum atomic E-state index is 9.57. The van der Waals surface area contributed by atoms with Gasteiger partial charge < -0.3 is 33.5 Å². The van der Waals surface area contributed by atoms with E-state index in [2.05, 4.69) is 0 Å². The third-order valence-corrected chi connectivity index (χ3v) is 2.72. The summed E-state index contributed by atoms with van der Waals surface area (Å²) in [6.45, 7) is 1.66. The van der Waals surface area contributed by atoms with E-state index in [1.54, 1.807) is 14.2 Å². The van der Waals surface area contributed by atoms with Gasteiger partial charge in [-0.05, 0) is 0 Å². The van der Waals surface area contributed by atoms with E-state index >= 15 is 0 Å². The molecule has 1 aromatic rings. The highest BCUT2D eigenvalue weighted by Gasteiger charge is 2.13.